The van der Waals surface area contributed by atoms with Gasteiger partial charge < -0.3 is 14.0 Å². The van der Waals surface area contributed by atoms with Crippen molar-refractivity contribution in [1.82, 2.24) is 14.5 Å². The fourth-order valence-electron chi connectivity index (χ4n) is 3.69. The number of carbonyl (C=O) groups excluding carboxylic acids is 1. The number of ether oxygens (including phenoxy) is 2. The maximum atomic E-state index is 12.5. The molecule has 0 saturated carbocycles. The largest absolute Gasteiger partial charge is 0.494 e. The van der Waals surface area contributed by atoms with Gasteiger partial charge in [-0.25, -0.2) is 9.97 Å². The summed E-state index contributed by atoms with van der Waals surface area (Å²) in [5, 5.41) is 1.36. The molecule has 4 rings (SSSR count). The zero-order chi connectivity index (χ0) is 23.2. The SMILES string of the molecule is CCOC(=O)[C@@H](CC)Sc1ncnc2c1c(-c1ccccc1)cn2-c1ccc(OCC)cc1. The number of hydrogen-bond acceptors (Lipinski definition) is 6. The summed E-state index contributed by atoms with van der Waals surface area (Å²) in [5.41, 5.74) is 3.83. The van der Waals surface area contributed by atoms with Crippen LogP contribution >= 0.6 is 11.8 Å². The van der Waals surface area contributed by atoms with Crippen molar-refractivity contribution in [2.75, 3.05) is 13.2 Å². The van der Waals surface area contributed by atoms with E-state index in [9.17, 15) is 4.79 Å². The number of esters is 1. The Morgan fingerprint density at radius 1 is 1.00 bits per heavy atom. The van der Waals surface area contributed by atoms with Crippen molar-refractivity contribution in [3.05, 3.63) is 67.1 Å². The van der Waals surface area contributed by atoms with Crippen LogP contribution in [0.1, 0.15) is 27.2 Å². The van der Waals surface area contributed by atoms with Gasteiger partial charge >= 0.3 is 5.97 Å². The first-order valence-corrected chi connectivity index (χ1v) is 12.0. The van der Waals surface area contributed by atoms with Crippen LogP contribution in [0.5, 0.6) is 5.75 Å². The van der Waals surface area contributed by atoms with E-state index in [2.05, 4.69) is 32.9 Å². The first-order chi connectivity index (χ1) is 16.2. The summed E-state index contributed by atoms with van der Waals surface area (Å²) in [7, 11) is 0. The first-order valence-electron chi connectivity index (χ1n) is 11.1. The van der Waals surface area contributed by atoms with E-state index in [0.29, 0.717) is 19.6 Å². The Labute approximate surface area is 198 Å². The van der Waals surface area contributed by atoms with Crippen molar-refractivity contribution in [1.29, 1.82) is 0 Å². The maximum Gasteiger partial charge on any atom is 0.319 e. The molecule has 0 aliphatic rings. The Morgan fingerprint density at radius 2 is 1.76 bits per heavy atom. The van der Waals surface area contributed by atoms with Crippen molar-refractivity contribution in [2.45, 2.75) is 37.5 Å². The van der Waals surface area contributed by atoms with E-state index in [0.717, 1.165) is 38.6 Å². The number of carbonyl (C=O) groups is 1. The summed E-state index contributed by atoms with van der Waals surface area (Å²) in [4.78, 5) is 21.7. The zero-order valence-corrected chi connectivity index (χ0v) is 19.8. The predicted octanol–water partition coefficient (Wildman–Crippen LogP) is 5.92. The number of hydrogen-bond donors (Lipinski definition) is 0. The van der Waals surface area contributed by atoms with Gasteiger partial charge in [0.2, 0.25) is 0 Å². The molecule has 0 bridgehead atoms. The summed E-state index contributed by atoms with van der Waals surface area (Å²) in [6.45, 7) is 6.75. The lowest BCUT2D eigenvalue weighted by molar-refractivity contribution is -0.142. The summed E-state index contributed by atoms with van der Waals surface area (Å²) >= 11 is 1.43. The molecule has 7 heteroatoms. The third-order valence-electron chi connectivity index (χ3n) is 5.23. The van der Waals surface area contributed by atoms with Gasteiger partial charge in [0.05, 0.1) is 18.6 Å². The van der Waals surface area contributed by atoms with Crippen LogP contribution in [0.4, 0.5) is 0 Å². The molecule has 2 aromatic heterocycles. The van der Waals surface area contributed by atoms with Crippen molar-refractivity contribution < 1.29 is 14.3 Å². The molecule has 0 fully saturated rings. The third-order valence-corrected chi connectivity index (χ3v) is 6.58. The quantitative estimate of drug-likeness (QED) is 0.175. The summed E-state index contributed by atoms with van der Waals surface area (Å²) < 4.78 is 12.9. The zero-order valence-electron chi connectivity index (χ0n) is 19.0. The lowest BCUT2D eigenvalue weighted by Crippen LogP contribution is -2.19. The van der Waals surface area contributed by atoms with Crippen LogP contribution in [-0.2, 0) is 9.53 Å². The normalized spacial score (nSPS) is 12.0. The van der Waals surface area contributed by atoms with Crippen molar-refractivity contribution in [3.63, 3.8) is 0 Å². The van der Waals surface area contributed by atoms with Gasteiger partial charge in [-0.15, -0.1) is 0 Å². The van der Waals surface area contributed by atoms with Gasteiger partial charge in [0, 0.05) is 17.4 Å². The molecule has 0 amide bonds. The average molecular weight is 462 g/mol. The molecule has 0 radical (unpaired) electrons. The fraction of sp³-hybridized carbons (Fsp3) is 0.269. The molecule has 33 heavy (non-hydrogen) atoms. The first kappa shape index (κ1) is 22.9. The van der Waals surface area contributed by atoms with Crippen LogP contribution in [0.2, 0.25) is 0 Å². The molecule has 0 aliphatic carbocycles. The Hall–Kier alpha value is -3.32. The molecule has 6 nitrogen and oxygen atoms in total. The fourth-order valence-corrected chi connectivity index (χ4v) is 4.72. The van der Waals surface area contributed by atoms with Gasteiger partial charge in [-0.05, 0) is 50.1 Å². The molecule has 2 heterocycles. The standard InChI is InChI=1S/C26H27N3O3S/c1-4-22(26(30)32-6-3)33-25-23-21(18-10-8-7-9-11-18)16-29(24(23)27-17-28-25)19-12-14-20(15-13-19)31-5-2/h7-17,22H,4-6H2,1-3H3/t22-/m1/s1. The number of aromatic nitrogens is 3. The molecule has 0 saturated heterocycles. The molecule has 0 aliphatic heterocycles. The number of fused-ring (bicyclic) bond motifs is 1. The Balaban J connectivity index is 1.86. The third kappa shape index (κ3) is 4.88. The van der Waals surface area contributed by atoms with E-state index in [1.165, 1.54) is 11.8 Å². The van der Waals surface area contributed by atoms with Crippen LogP contribution in [0.15, 0.2) is 72.1 Å². The number of thioether (sulfide) groups is 1. The smallest absolute Gasteiger partial charge is 0.319 e. The highest BCUT2D eigenvalue weighted by atomic mass is 32.2. The second kappa shape index (κ2) is 10.5. The molecule has 0 spiro atoms. The molecule has 2 aromatic carbocycles. The lowest BCUT2D eigenvalue weighted by Gasteiger charge is -2.13. The highest BCUT2D eigenvalue weighted by molar-refractivity contribution is 8.00. The average Bonchev–Trinajstić information content (AvgIpc) is 3.24. The molecule has 1 atom stereocenters. The van der Waals surface area contributed by atoms with E-state index in [-0.39, 0.29) is 11.2 Å². The van der Waals surface area contributed by atoms with Gasteiger partial charge in [-0.2, -0.15) is 0 Å². The van der Waals surface area contributed by atoms with E-state index < -0.39 is 0 Å². The summed E-state index contributed by atoms with van der Waals surface area (Å²) in [6, 6.07) is 18.1. The Morgan fingerprint density at radius 3 is 2.42 bits per heavy atom. The van der Waals surface area contributed by atoms with Crippen LogP contribution in [0.3, 0.4) is 0 Å². The van der Waals surface area contributed by atoms with Gasteiger partial charge in [0.15, 0.2) is 0 Å². The second-order valence-corrected chi connectivity index (χ2v) is 8.54. The molecular formula is C26H27N3O3S. The highest BCUT2D eigenvalue weighted by Gasteiger charge is 2.24. The minimum Gasteiger partial charge on any atom is -0.494 e. The highest BCUT2D eigenvalue weighted by Crippen LogP contribution is 2.38. The van der Waals surface area contributed by atoms with Crippen LogP contribution in [-0.4, -0.2) is 39.0 Å². The number of rotatable bonds is 9. The summed E-state index contributed by atoms with van der Waals surface area (Å²) in [6.07, 6.45) is 4.29. The minimum absolute atomic E-state index is 0.219. The van der Waals surface area contributed by atoms with Crippen LogP contribution < -0.4 is 4.74 Å². The second-order valence-electron chi connectivity index (χ2n) is 7.35. The molecule has 0 unspecified atom stereocenters. The van der Waals surface area contributed by atoms with Crippen molar-refractivity contribution in [2.24, 2.45) is 0 Å². The van der Waals surface area contributed by atoms with Gasteiger partial charge in [-0.1, -0.05) is 49.0 Å². The van der Waals surface area contributed by atoms with E-state index in [4.69, 9.17) is 9.47 Å². The molecule has 170 valence electrons. The predicted molar refractivity (Wildman–Crippen MR) is 132 cm³/mol. The van der Waals surface area contributed by atoms with Gasteiger partial charge in [0.25, 0.3) is 0 Å². The lowest BCUT2D eigenvalue weighted by atomic mass is 10.1. The molecule has 0 N–H and O–H groups in total. The Bertz CT molecular complexity index is 1220. The molecule has 4 aromatic rings. The van der Waals surface area contributed by atoms with E-state index >= 15 is 0 Å². The van der Waals surface area contributed by atoms with Gasteiger partial charge in [-0.3, -0.25) is 4.79 Å². The topological polar surface area (TPSA) is 66.2 Å². The van der Waals surface area contributed by atoms with E-state index in [1.54, 1.807) is 6.33 Å². The molecular weight excluding hydrogens is 434 g/mol. The van der Waals surface area contributed by atoms with Crippen molar-refractivity contribution >= 4 is 28.8 Å². The number of nitrogens with zero attached hydrogens (tertiary/aromatic N) is 3. The Kier molecular flexibility index (Phi) is 7.29. The van der Waals surface area contributed by atoms with E-state index in [1.807, 2.05) is 63.2 Å². The minimum atomic E-state index is -0.333. The van der Waals surface area contributed by atoms with Crippen LogP contribution in [0, 0.1) is 0 Å². The maximum absolute atomic E-state index is 12.5. The van der Waals surface area contributed by atoms with Crippen LogP contribution in [0.25, 0.3) is 27.8 Å². The summed E-state index contributed by atoms with van der Waals surface area (Å²) in [5.74, 6) is 0.607. The number of benzene rings is 2. The van der Waals surface area contributed by atoms with Gasteiger partial charge in [0.1, 0.15) is 28.0 Å². The monoisotopic (exact) mass is 461 g/mol. The van der Waals surface area contributed by atoms with Crippen molar-refractivity contribution in [3.8, 4) is 22.6 Å².